The van der Waals surface area contributed by atoms with Crippen molar-refractivity contribution >= 4 is 0 Å². The Morgan fingerprint density at radius 3 is 3.06 bits per heavy atom. The summed E-state index contributed by atoms with van der Waals surface area (Å²) in [6.45, 7) is 3.25. The fraction of sp³-hybridized carbons (Fsp3) is 0.786. The average molecular weight is 236 g/mol. The number of aliphatic hydroxyl groups excluding tert-OH is 1. The molecule has 0 aliphatic heterocycles. The largest absolute Gasteiger partial charge is 0.393 e. The topological polar surface area (TPSA) is 38.0 Å². The Hall–Kier alpha value is -0.830. The first-order chi connectivity index (χ1) is 8.29. The zero-order valence-electron chi connectivity index (χ0n) is 10.8. The number of nitrogens with zero attached hydrogens (tertiary/aromatic N) is 2. The minimum absolute atomic E-state index is 0.0860. The van der Waals surface area contributed by atoms with E-state index in [0.717, 1.165) is 32.2 Å². The molecule has 3 heteroatoms. The van der Waals surface area contributed by atoms with E-state index in [9.17, 15) is 5.11 Å². The molecule has 0 spiro atoms. The zero-order valence-corrected chi connectivity index (χ0v) is 10.8. The molecule has 96 valence electrons. The summed E-state index contributed by atoms with van der Waals surface area (Å²) >= 11 is 0. The fourth-order valence-corrected chi connectivity index (χ4v) is 2.85. The van der Waals surface area contributed by atoms with Crippen LogP contribution in [0.15, 0.2) is 12.4 Å². The van der Waals surface area contributed by atoms with Crippen LogP contribution >= 0.6 is 0 Å². The van der Waals surface area contributed by atoms with Crippen LogP contribution in [0.4, 0.5) is 0 Å². The summed E-state index contributed by atoms with van der Waals surface area (Å²) in [4.78, 5) is 4.47. The van der Waals surface area contributed by atoms with Crippen LogP contribution < -0.4 is 0 Å². The third-order valence-electron chi connectivity index (χ3n) is 3.74. The number of hydrogen-bond donors (Lipinski definition) is 1. The molecule has 1 fully saturated rings. The highest BCUT2D eigenvalue weighted by molar-refractivity contribution is 4.94. The number of hydrogen-bond acceptors (Lipinski definition) is 2. The Morgan fingerprint density at radius 2 is 2.24 bits per heavy atom. The molecule has 1 heterocycles. The summed E-state index contributed by atoms with van der Waals surface area (Å²) in [5.41, 5.74) is 0. The van der Waals surface area contributed by atoms with Crippen LogP contribution in [0, 0.1) is 5.92 Å². The third kappa shape index (κ3) is 3.56. The van der Waals surface area contributed by atoms with Crippen LogP contribution in [-0.4, -0.2) is 20.8 Å². The van der Waals surface area contributed by atoms with E-state index in [1.54, 1.807) is 0 Å². The number of aliphatic hydroxyl groups is 1. The van der Waals surface area contributed by atoms with Crippen LogP contribution in [-0.2, 0) is 13.0 Å². The SMILES string of the molecule is CCCn1ccnc1CC1CCCCC(O)C1. The van der Waals surface area contributed by atoms with Gasteiger partial charge in [0.25, 0.3) is 0 Å². The van der Waals surface area contributed by atoms with E-state index < -0.39 is 0 Å². The maximum Gasteiger partial charge on any atom is 0.108 e. The van der Waals surface area contributed by atoms with Crippen molar-refractivity contribution in [2.45, 2.75) is 64.5 Å². The number of imidazole rings is 1. The summed E-state index contributed by atoms with van der Waals surface area (Å²) in [7, 11) is 0. The molecule has 0 bridgehead atoms. The molecule has 1 aliphatic carbocycles. The van der Waals surface area contributed by atoms with Gasteiger partial charge < -0.3 is 9.67 Å². The van der Waals surface area contributed by atoms with E-state index in [2.05, 4.69) is 22.7 Å². The predicted octanol–water partition coefficient (Wildman–Crippen LogP) is 2.78. The first-order valence-electron chi connectivity index (χ1n) is 6.97. The molecule has 2 unspecified atom stereocenters. The van der Waals surface area contributed by atoms with Gasteiger partial charge in [-0.3, -0.25) is 0 Å². The Bertz CT molecular complexity index is 335. The zero-order chi connectivity index (χ0) is 12.1. The Morgan fingerprint density at radius 1 is 1.41 bits per heavy atom. The van der Waals surface area contributed by atoms with Crippen LogP contribution in [0.3, 0.4) is 0 Å². The molecule has 1 saturated carbocycles. The second-order valence-electron chi connectivity index (χ2n) is 5.28. The van der Waals surface area contributed by atoms with Gasteiger partial charge in [0.15, 0.2) is 0 Å². The molecule has 2 rings (SSSR count). The van der Waals surface area contributed by atoms with Crippen molar-refractivity contribution in [2.24, 2.45) is 5.92 Å². The van der Waals surface area contributed by atoms with Gasteiger partial charge in [-0.15, -0.1) is 0 Å². The first-order valence-corrected chi connectivity index (χ1v) is 6.97. The predicted molar refractivity (Wildman–Crippen MR) is 68.8 cm³/mol. The Labute approximate surface area is 104 Å². The standard InChI is InChI=1S/C14H24N2O/c1-2-8-16-9-7-15-14(16)11-12-5-3-4-6-13(17)10-12/h7,9,12-13,17H,2-6,8,10-11H2,1H3. The van der Waals surface area contributed by atoms with Crippen molar-refractivity contribution in [1.82, 2.24) is 9.55 Å². The lowest BCUT2D eigenvalue weighted by Gasteiger charge is -2.16. The molecule has 0 radical (unpaired) electrons. The number of rotatable bonds is 4. The monoisotopic (exact) mass is 236 g/mol. The molecule has 0 amide bonds. The van der Waals surface area contributed by atoms with Gasteiger partial charge in [0, 0.05) is 25.4 Å². The van der Waals surface area contributed by atoms with Crippen molar-refractivity contribution in [3.63, 3.8) is 0 Å². The van der Waals surface area contributed by atoms with Gasteiger partial charge >= 0.3 is 0 Å². The lowest BCUT2D eigenvalue weighted by Crippen LogP contribution is -2.15. The summed E-state index contributed by atoms with van der Waals surface area (Å²) in [6.07, 6.45) is 11.7. The van der Waals surface area contributed by atoms with Crippen LogP contribution in [0.5, 0.6) is 0 Å². The normalized spacial score (nSPS) is 25.8. The van der Waals surface area contributed by atoms with Crippen molar-refractivity contribution in [3.05, 3.63) is 18.2 Å². The van der Waals surface area contributed by atoms with E-state index in [-0.39, 0.29) is 6.10 Å². The number of aromatic nitrogens is 2. The van der Waals surface area contributed by atoms with Crippen LogP contribution in [0.2, 0.25) is 0 Å². The minimum atomic E-state index is -0.0860. The summed E-state index contributed by atoms with van der Waals surface area (Å²) in [5, 5.41) is 9.83. The minimum Gasteiger partial charge on any atom is -0.393 e. The van der Waals surface area contributed by atoms with Crippen molar-refractivity contribution in [1.29, 1.82) is 0 Å². The van der Waals surface area contributed by atoms with Crippen molar-refractivity contribution in [2.75, 3.05) is 0 Å². The second kappa shape index (κ2) is 6.20. The lowest BCUT2D eigenvalue weighted by atomic mass is 9.95. The maximum atomic E-state index is 9.83. The fourth-order valence-electron chi connectivity index (χ4n) is 2.85. The Kier molecular flexibility index (Phi) is 4.60. The van der Waals surface area contributed by atoms with Gasteiger partial charge in [-0.1, -0.05) is 19.8 Å². The van der Waals surface area contributed by atoms with Crippen molar-refractivity contribution in [3.8, 4) is 0 Å². The highest BCUT2D eigenvalue weighted by Crippen LogP contribution is 2.26. The molecule has 0 saturated heterocycles. The molecular weight excluding hydrogens is 212 g/mol. The first kappa shape index (κ1) is 12.6. The van der Waals surface area contributed by atoms with E-state index in [1.807, 2.05) is 6.20 Å². The summed E-state index contributed by atoms with van der Waals surface area (Å²) in [5.74, 6) is 1.82. The van der Waals surface area contributed by atoms with E-state index in [0.29, 0.717) is 5.92 Å². The third-order valence-corrected chi connectivity index (χ3v) is 3.74. The molecule has 1 aromatic rings. The molecular formula is C14H24N2O. The summed E-state index contributed by atoms with van der Waals surface area (Å²) in [6, 6.07) is 0. The molecule has 0 aromatic carbocycles. The van der Waals surface area contributed by atoms with Gasteiger partial charge in [-0.2, -0.15) is 0 Å². The van der Waals surface area contributed by atoms with E-state index in [4.69, 9.17) is 0 Å². The van der Waals surface area contributed by atoms with Gasteiger partial charge in [0.2, 0.25) is 0 Å². The second-order valence-corrected chi connectivity index (χ2v) is 5.28. The maximum absolute atomic E-state index is 9.83. The Balaban J connectivity index is 1.96. The van der Waals surface area contributed by atoms with Gasteiger partial charge in [0.05, 0.1) is 6.10 Å². The van der Waals surface area contributed by atoms with E-state index >= 15 is 0 Å². The summed E-state index contributed by atoms with van der Waals surface area (Å²) < 4.78 is 2.26. The quantitative estimate of drug-likeness (QED) is 0.816. The number of aryl methyl sites for hydroxylation is 1. The van der Waals surface area contributed by atoms with E-state index in [1.165, 1.54) is 25.1 Å². The molecule has 1 aromatic heterocycles. The van der Waals surface area contributed by atoms with Crippen LogP contribution in [0.1, 0.15) is 51.3 Å². The smallest absolute Gasteiger partial charge is 0.108 e. The van der Waals surface area contributed by atoms with Gasteiger partial charge in [-0.05, 0) is 31.6 Å². The highest BCUT2D eigenvalue weighted by atomic mass is 16.3. The van der Waals surface area contributed by atoms with Crippen LogP contribution in [0.25, 0.3) is 0 Å². The molecule has 3 nitrogen and oxygen atoms in total. The van der Waals surface area contributed by atoms with Gasteiger partial charge in [0.1, 0.15) is 5.82 Å². The van der Waals surface area contributed by atoms with Gasteiger partial charge in [-0.25, -0.2) is 4.98 Å². The highest BCUT2D eigenvalue weighted by Gasteiger charge is 2.20. The average Bonchev–Trinajstić information content (AvgIpc) is 2.61. The van der Waals surface area contributed by atoms with Crippen molar-refractivity contribution < 1.29 is 5.11 Å². The lowest BCUT2D eigenvalue weighted by molar-refractivity contribution is 0.140. The molecule has 17 heavy (non-hydrogen) atoms. The molecule has 1 aliphatic rings. The molecule has 2 atom stereocenters. The molecule has 1 N–H and O–H groups in total.